The van der Waals surface area contributed by atoms with Gasteiger partial charge < -0.3 is 17.2 Å². The summed E-state index contributed by atoms with van der Waals surface area (Å²) in [7, 11) is 0. The molecule has 5 nitrogen and oxygen atoms in total. The molecule has 0 fully saturated rings. The molecule has 0 rings (SSSR count). The topological polar surface area (TPSA) is 112 Å². The number of carbonyl (C=O) groups excluding carboxylic acids is 2. The summed E-state index contributed by atoms with van der Waals surface area (Å²) >= 11 is 0. The first-order valence-electron chi connectivity index (χ1n) is 4.82. The summed E-state index contributed by atoms with van der Waals surface area (Å²) < 4.78 is 0. The van der Waals surface area contributed by atoms with Gasteiger partial charge in [0.1, 0.15) is 0 Å². The predicted octanol–water partition coefficient (Wildman–Crippen LogP) is -0.519. The Morgan fingerprint density at radius 2 is 1.86 bits per heavy atom. The lowest BCUT2D eigenvalue weighted by molar-refractivity contribution is -0.123. The van der Waals surface area contributed by atoms with Gasteiger partial charge in [0.2, 0.25) is 11.8 Å². The normalized spacial score (nSPS) is 14.7. The van der Waals surface area contributed by atoms with Gasteiger partial charge in [-0.3, -0.25) is 9.59 Å². The van der Waals surface area contributed by atoms with Crippen molar-refractivity contribution in [2.75, 3.05) is 0 Å². The average molecular weight is 201 g/mol. The van der Waals surface area contributed by atoms with Crippen LogP contribution in [-0.4, -0.2) is 17.9 Å². The molecule has 0 aromatic rings. The molecule has 0 aliphatic heterocycles. The zero-order valence-electron chi connectivity index (χ0n) is 8.53. The maximum Gasteiger partial charge on any atom is 0.222 e. The number of unbranched alkanes of at least 4 members (excludes halogenated alkanes) is 1. The second-order valence-electron chi connectivity index (χ2n) is 3.49. The van der Waals surface area contributed by atoms with Gasteiger partial charge in [0.25, 0.3) is 0 Å². The fraction of sp³-hybridized carbons (Fsp3) is 0.778. The molecule has 0 aliphatic carbocycles. The Bertz CT molecular complexity index is 206. The molecule has 0 saturated heterocycles. The van der Waals surface area contributed by atoms with Crippen molar-refractivity contribution in [2.24, 2.45) is 23.1 Å². The Labute approximate surface area is 84.0 Å². The van der Waals surface area contributed by atoms with Crippen LogP contribution in [0.3, 0.4) is 0 Å². The monoisotopic (exact) mass is 201 g/mol. The molecule has 14 heavy (non-hydrogen) atoms. The van der Waals surface area contributed by atoms with Crippen LogP contribution in [0.2, 0.25) is 0 Å². The Morgan fingerprint density at radius 1 is 1.29 bits per heavy atom. The van der Waals surface area contributed by atoms with Gasteiger partial charge in [-0.05, 0) is 6.42 Å². The highest BCUT2D eigenvalue weighted by Crippen LogP contribution is 2.13. The van der Waals surface area contributed by atoms with E-state index in [1.54, 1.807) is 0 Å². The zero-order valence-corrected chi connectivity index (χ0v) is 8.53. The van der Waals surface area contributed by atoms with E-state index in [1.807, 2.05) is 6.92 Å². The smallest absolute Gasteiger partial charge is 0.222 e. The number of nitrogens with two attached hydrogens (primary N) is 3. The van der Waals surface area contributed by atoms with Crippen molar-refractivity contribution in [3.05, 3.63) is 0 Å². The molecule has 0 aromatic carbocycles. The van der Waals surface area contributed by atoms with Crippen LogP contribution >= 0.6 is 0 Å². The molecule has 2 amide bonds. The number of amides is 2. The summed E-state index contributed by atoms with van der Waals surface area (Å²) in [5.74, 6) is -1.39. The molecule has 2 unspecified atom stereocenters. The van der Waals surface area contributed by atoms with Crippen LogP contribution in [0.1, 0.15) is 32.6 Å². The van der Waals surface area contributed by atoms with Crippen molar-refractivity contribution in [1.82, 2.24) is 0 Å². The van der Waals surface area contributed by atoms with E-state index in [4.69, 9.17) is 17.2 Å². The number of carbonyl (C=O) groups is 2. The van der Waals surface area contributed by atoms with Crippen LogP contribution in [0.4, 0.5) is 0 Å². The van der Waals surface area contributed by atoms with Crippen LogP contribution in [0.5, 0.6) is 0 Å². The number of hydrogen-bond acceptors (Lipinski definition) is 3. The van der Waals surface area contributed by atoms with Gasteiger partial charge in [-0.1, -0.05) is 19.8 Å². The van der Waals surface area contributed by atoms with Crippen molar-refractivity contribution in [3.8, 4) is 0 Å². The van der Waals surface area contributed by atoms with E-state index in [0.29, 0.717) is 6.42 Å². The molecular formula is C9H19N3O2. The second kappa shape index (κ2) is 6.37. The Morgan fingerprint density at radius 3 is 2.21 bits per heavy atom. The molecule has 0 heterocycles. The van der Waals surface area contributed by atoms with Gasteiger partial charge in [0.15, 0.2) is 0 Å². The van der Waals surface area contributed by atoms with Crippen LogP contribution in [0, 0.1) is 5.92 Å². The molecule has 2 atom stereocenters. The predicted molar refractivity (Wildman–Crippen MR) is 54.0 cm³/mol. The third-order valence-corrected chi connectivity index (χ3v) is 2.19. The Kier molecular flexibility index (Phi) is 5.87. The van der Waals surface area contributed by atoms with Gasteiger partial charge in [0.05, 0.1) is 5.92 Å². The van der Waals surface area contributed by atoms with E-state index in [9.17, 15) is 9.59 Å². The van der Waals surface area contributed by atoms with Crippen molar-refractivity contribution >= 4 is 11.8 Å². The first kappa shape index (κ1) is 12.9. The average Bonchev–Trinajstić information content (AvgIpc) is 2.02. The highest BCUT2D eigenvalue weighted by atomic mass is 16.1. The first-order valence-corrected chi connectivity index (χ1v) is 4.82. The van der Waals surface area contributed by atoms with E-state index in [2.05, 4.69) is 0 Å². The van der Waals surface area contributed by atoms with Crippen LogP contribution in [0.25, 0.3) is 0 Å². The second-order valence-corrected chi connectivity index (χ2v) is 3.49. The molecular weight excluding hydrogens is 182 g/mol. The third kappa shape index (κ3) is 4.81. The lowest BCUT2D eigenvalue weighted by atomic mass is 9.91. The lowest BCUT2D eigenvalue weighted by Crippen LogP contribution is -2.41. The Hall–Kier alpha value is -1.10. The summed E-state index contributed by atoms with van der Waals surface area (Å²) in [6.07, 6.45) is 2.48. The summed E-state index contributed by atoms with van der Waals surface area (Å²) in [6, 6.07) is -0.545. The molecule has 0 aliphatic rings. The maximum absolute atomic E-state index is 11.0. The first-order chi connectivity index (χ1) is 6.49. The number of hydrogen-bond donors (Lipinski definition) is 3. The van der Waals surface area contributed by atoms with E-state index in [1.165, 1.54) is 0 Å². The number of primary amides is 2. The minimum Gasteiger partial charge on any atom is -0.370 e. The van der Waals surface area contributed by atoms with Crippen molar-refractivity contribution in [1.29, 1.82) is 0 Å². The fourth-order valence-corrected chi connectivity index (χ4v) is 1.37. The minimum atomic E-state index is -0.545. The van der Waals surface area contributed by atoms with E-state index < -0.39 is 23.8 Å². The largest absolute Gasteiger partial charge is 0.370 e. The van der Waals surface area contributed by atoms with Crippen LogP contribution < -0.4 is 17.2 Å². The molecule has 6 N–H and O–H groups in total. The standard InChI is InChI=1S/C9H19N3O2/c1-2-3-4-6(9(12)14)7(10)5-8(11)13/h6-7H,2-5,10H2,1H3,(H2,11,13)(H2,12,14). The highest BCUT2D eigenvalue weighted by molar-refractivity contribution is 5.80. The third-order valence-electron chi connectivity index (χ3n) is 2.19. The zero-order chi connectivity index (χ0) is 11.1. The van der Waals surface area contributed by atoms with Gasteiger partial charge in [-0.15, -0.1) is 0 Å². The van der Waals surface area contributed by atoms with Gasteiger partial charge >= 0.3 is 0 Å². The van der Waals surface area contributed by atoms with Crippen molar-refractivity contribution < 1.29 is 9.59 Å². The van der Waals surface area contributed by atoms with E-state index >= 15 is 0 Å². The van der Waals surface area contributed by atoms with Crippen LogP contribution in [0.15, 0.2) is 0 Å². The summed E-state index contributed by atoms with van der Waals surface area (Å²) in [4.78, 5) is 21.6. The molecule has 0 aromatic heterocycles. The van der Waals surface area contributed by atoms with Gasteiger partial charge in [-0.25, -0.2) is 0 Å². The molecule has 0 bridgehead atoms. The molecule has 0 radical (unpaired) electrons. The SMILES string of the molecule is CCCCC(C(N)=O)C(N)CC(N)=O. The molecule has 82 valence electrons. The summed E-state index contributed by atoms with van der Waals surface area (Å²) in [5, 5.41) is 0. The molecule has 0 saturated carbocycles. The van der Waals surface area contributed by atoms with E-state index in [0.717, 1.165) is 12.8 Å². The fourth-order valence-electron chi connectivity index (χ4n) is 1.37. The number of rotatable bonds is 7. The van der Waals surface area contributed by atoms with Crippen molar-refractivity contribution in [3.63, 3.8) is 0 Å². The molecule has 5 heteroatoms. The highest BCUT2D eigenvalue weighted by Gasteiger charge is 2.23. The van der Waals surface area contributed by atoms with Gasteiger partial charge in [-0.2, -0.15) is 0 Å². The lowest BCUT2D eigenvalue weighted by Gasteiger charge is -2.19. The summed E-state index contributed by atoms with van der Waals surface area (Å²) in [5.41, 5.74) is 15.8. The molecule has 0 spiro atoms. The van der Waals surface area contributed by atoms with Crippen LogP contribution in [-0.2, 0) is 9.59 Å². The van der Waals surface area contributed by atoms with E-state index in [-0.39, 0.29) is 6.42 Å². The quantitative estimate of drug-likeness (QED) is 0.515. The maximum atomic E-state index is 11.0. The van der Waals surface area contributed by atoms with Gasteiger partial charge in [0, 0.05) is 12.5 Å². The summed E-state index contributed by atoms with van der Waals surface area (Å²) in [6.45, 7) is 2.01. The minimum absolute atomic E-state index is 0.0112. The Balaban J connectivity index is 4.18. The van der Waals surface area contributed by atoms with Crippen molar-refractivity contribution in [2.45, 2.75) is 38.6 Å².